The molecule has 0 aromatic rings. The summed E-state index contributed by atoms with van der Waals surface area (Å²) in [5.74, 6) is -2.69. The van der Waals surface area contributed by atoms with Gasteiger partial charge in [0.15, 0.2) is 0 Å². The average molecular weight is 204 g/mol. The topological polar surface area (TPSA) is 94.8 Å². The summed E-state index contributed by atoms with van der Waals surface area (Å²) < 4.78 is 0. The van der Waals surface area contributed by atoms with Gasteiger partial charge in [-0.2, -0.15) is 0 Å². The van der Waals surface area contributed by atoms with Crippen molar-refractivity contribution >= 4 is 11.9 Å². The fourth-order valence-corrected chi connectivity index (χ4v) is 1.04. The number of unbranched alkanes of at least 4 members (excludes halogenated alkanes) is 1. The quantitative estimate of drug-likeness (QED) is 0.531. The smallest absolute Gasteiger partial charge is 0.308 e. The van der Waals surface area contributed by atoms with E-state index in [0.717, 1.165) is 0 Å². The first-order valence-corrected chi connectivity index (χ1v) is 4.57. The number of carbonyl (C=O) groups is 2. The Labute approximate surface area is 82.4 Å². The van der Waals surface area contributed by atoms with Crippen LogP contribution < -0.4 is 0 Å². The summed E-state index contributed by atoms with van der Waals surface area (Å²) >= 11 is 0. The predicted octanol–water partition coefficient (Wildman–Crippen LogP) is 0.713. The van der Waals surface area contributed by atoms with Crippen LogP contribution in [0.15, 0.2) is 0 Å². The van der Waals surface area contributed by atoms with Crippen LogP contribution in [-0.4, -0.2) is 33.4 Å². The van der Waals surface area contributed by atoms with E-state index in [1.165, 1.54) is 6.92 Å². The van der Waals surface area contributed by atoms with Crippen LogP contribution in [0.3, 0.4) is 0 Å². The summed E-state index contributed by atoms with van der Waals surface area (Å²) in [6.45, 7) is 1.43. The molecule has 0 aromatic carbocycles. The van der Waals surface area contributed by atoms with Gasteiger partial charge >= 0.3 is 11.9 Å². The number of hydrogen-bond donors (Lipinski definition) is 3. The van der Waals surface area contributed by atoms with E-state index in [9.17, 15) is 14.7 Å². The molecular formula is C9H16O5. The Morgan fingerprint density at radius 1 is 1.21 bits per heavy atom. The van der Waals surface area contributed by atoms with E-state index in [4.69, 9.17) is 10.2 Å². The summed E-state index contributed by atoms with van der Waals surface area (Å²) in [5, 5.41) is 26.2. The average Bonchev–Trinajstić information content (AvgIpc) is 2.10. The molecule has 0 bridgehead atoms. The molecule has 14 heavy (non-hydrogen) atoms. The van der Waals surface area contributed by atoms with Crippen LogP contribution in [0.2, 0.25) is 0 Å². The van der Waals surface area contributed by atoms with Gasteiger partial charge in [-0.3, -0.25) is 9.59 Å². The van der Waals surface area contributed by atoms with E-state index < -0.39 is 24.0 Å². The molecule has 0 aliphatic carbocycles. The van der Waals surface area contributed by atoms with Crippen molar-refractivity contribution in [2.45, 2.75) is 38.7 Å². The molecular weight excluding hydrogens is 188 g/mol. The van der Waals surface area contributed by atoms with Crippen molar-refractivity contribution in [1.82, 2.24) is 0 Å². The number of hydrogen-bond acceptors (Lipinski definition) is 3. The van der Waals surface area contributed by atoms with Gasteiger partial charge in [-0.15, -0.1) is 0 Å². The lowest BCUT2D eigenvalue weighted by molar-refractivity contribution is -0.145. The lowest BCUT2D eigenvalue weighted by atomic mass is 9.99. The molecule has 5 nitrogen and oxygen atoms in total. The van der Waals surface area contributed by atoms with Crippen molar-refractivity contribution < 1.29 is 24.9 Å². The Hall–Kier alpha value is -1.10. The highest BCUT2D eigenvalue weighted by Crippen LogP contribution is 2.11. The van der Waals surface area contributed by atoms with Gasteiger partial charge < -0.3 is 15.3 Å². The number of rotatable bonds is 7. The highest BCUT2D eigenvalue weighted by atomic mass is 16.4. The lowest BCUT2D eigenvalue weighted by Crippen LogP contribution is -2.25. The monoisotopic (exact) mass is 204 g/mol. The second-order valence-corrected chi connectivity index (χ2v) is 3.33. The number of carboxylic acid groups (broad SMARTS) is 2. The maximum atomic E-state index is 10.4. The second kappa shape index (κ2) is 6.37. The van der Waals surface area contributed by atoms with Crippen molar-refractivity contribution in [3.05, 3.63) is 0 Å². The molecule has 2 unspecified atom stereocenters. The predicted molar refractivity (Wildman–Crippen MR) is 48.9 cm³/mol. The zero-order chi connectivity index (χ0) is 11.1. The van der Waals surface area contributed by atoms with Gasteiger partial charge in [-0.05, 0) is 19.8 Å². The van der Waals surface area contributed by atoms with Gasteiger partial charge in [0.2, 0.25) is 0 Å². The van der Waals surface area contributed by atoms with Crippen LogP contribution in [0.5, 0.6) is 0 Å². The Morgan fingerprint density at radius 2 is 1.79 bits per heavy atom. The van der Waals surface area contributed by atoms with Crippen molar-refractivity contribution in [2.24, 2.45) is 5.92 Å². The summed E-state index contributed by atoms with van der Waals surface area (Å²) in [6, 6.07) is 0. The normalized spacial score (nSPS) is 14.7. The van der Waals surface area contributed by atoms with Crippen LogP contribution in [0.25, 0.3) is 0 Å². The van der Waals surface area contributed by atoms with Gasteiger partial charge in [0.25, 0.3) is 0 Å². The number of aliphatic carboxylic acids is 2. The van der Waals surface area contributed by atoms with E-state index in [1.807, 2.05) is 0 Å². The summed E-state index contributed by atoms with van der Waals surface area (Å²) in [5.41, 5.74) is 0. The number of aliphatic hydroxyl groups excluding tert-OH is 1. The molecule has 0 aliphatic rings. The standard InChI is InChI=1S/C9H16O5/c1-6(9(13)14)7(10)4-2-3-5-8(11)12/h6-7,10H,2-5H2,1H3,(H,11,12)(H,13,14). The molecule has 3 N–H and O–H groups in total. The van der Waals surface area contributed by atoms with Gasteiger partial charge in [-0.25, -0.2) is 0 Å². The molecule has 0 aliphatic heterocycles. The van der Waals surface area contributed by atoms with E-state index >= 15 is 0 Å². The van der Waals surface area contributed by atoms with Gasteiger partial charge in [-0.1, -0.05) is 6.42 Å². The lowest BCUT2D eigenvalue weighted by Gasteiger charge is -2.13. The van der Waals surface area contributed by atoms with E-state index in [0.29, 0.717) is 19.3 Å². The second-order valence-electron chi connectivity index (χ2n) is 3.33. The molecule has 0 rings (SSSR count). The van der Waals surface area contributed by atoms with Crippen LogP contribution in [0, 0.1) is 5.92 Å². The van der Waals surface area contributed by atoms with Crippen molar-refractivity contribution in [3.63, 3.8) is 0 Å². The van der Waals surface area contributed by atoms with Crippen molar-refractivity contribution in [3.8, 4) is 0 Å². The van der Waals surface area contributed by atoms with Crippen molar-refractivity contribution in [1.29, 1.82) is 0 Å². The largest absolute Gasteiger partial charge is 0.481 e. The Kier molecular flexibility index (Phi) is 5.87. The SMILES string of the molecule is CC(C(=O)O)C(O)CCCCC(=O)O. The summed E-state index contributed by atoms with van der Waals surface area (Å²) in [4.78, 5) is 20.6. The number of aliphatic hydroxyl groups is 1. The molecule has 0 radical (unpaired) electrons. The first-order chi connectivity index (χ1) is 6.45. The molecule has 5 heteroatoms. The molecule has 0 heterocycles. The first-order valence-electron chi connectivity index (χ1n) is 4.57. The molecule has 0 saturated heterocycles. The molecule has 0 fully saturated rings. The Balaban J connectivity index is 3.58. The zero-order valence-electron chi connectivity index (χ0n) is 8.14. The maximum absolute atomic E-state index is 10.4. The summed E-state index contributed by atoms with van der Waals surface area (Å²) in [7, 11) is 0. The number of carboxylic acids is 2. The van der Waals surface area contributed by atoms with Crippen LogP contribution in [-0.2, 0) is 9.59 Å². The maximum Gasteiger partial charge on any atom is 0.308 e. The van der Waals surface area contributed by atoms with E-state index in [2.05, 4.69) is 0 Å². The minimum Gasteiger partial charge on any atom is -0.481 e. The van der Waals surface area contributed by atoms with Crippen LogP contribution >= 0.6 is 0 Å². The molecule has 0 amide bonds. The molecule has 82 valence electrons. The molecule has 2 atom stereocenters. The third-order valence-corrected chi connectivity index (χ3v) is 2.11. The van der Waals surface area contributed by atoms with Crippen LogP contribution in [0.4, 0.5) is 0 Å². The molecule has 0 aromatic heterocycles. The third-order valence-electron chi connectivity index (χ3n) is 2.11. The zero-order valence-corrected chi connectivity index (χ0v) is 8.14. The van der Waals surface area contributed by atoms with Crippen molar-refractivity contribution in [2.75, 3.05) is 0 Å². The minimum absolute atomic E-state index is 0.0637. The van der Waals surface area contributed by atoms with E-state index in [1.54, 1.807) is 0 Å². The summed E-state index contributed by atoms with van der Waals surface area (Å²) in [6.07, 6.45) is 0.514. The fraction of sp³-hybridized carbons (Fsp3) is 0.778. The Bertz CT molecular complexity index is 201. The third kappa shape index (κ3) is 5.53. The van der Waals surface area contributed by atoms with Gasteiger partial charge in [0.05, 0.1) is 12.0 Å². The molecule has 0 spiro atoms. The van der Waals surface area contributed by atoms with Gasteiger partial charge in [0, 0.05) is 6.42 Å². The van der Waals surface area contributed by atoms with Crippen LogP contribution in [0.1, 0.15) is 32.6 Å². The Morgan fingerprint density at radius 3 is 2.21 bits per heavy atom. The fourth-order valence-electron chi connectivity index (χ4n) is 1.04. The first kappa shape index (κ1) is 12.9. The minimum atomic E-state index is -1.03. The molecule has 0 saturated carbocycles. The highest BCUT2D eigenvalue weighted by Gasteiger charge is 2.20. The van der Waals surface area contributed by atoms with E-state index in [-0.39, 0.29) is 6.42 Å². The highest BCUT2D eigenvalue weighted by molar-refractivity contribution is 5.70. The van der Waals surface area contributed by atoms with Gasteiger partial charge in [0.1, 0.15) is 0 Å².